The number of carboxylic acid groups (broad SMARTS) is 1. The molecule has 0 saturated heterocycles. The summed E-state index contributed by atoms with van der Waals surface area (Å²) in [5.74, 6) is -0.957. The Morgan fingerprint density at radius 3 is 2.62 bits per heavy atom. The predicted octanol–water partition coefficient (Wildman–Crippen LogP) is 1.75. The first-order valence-corrected chi connectivity index (χ1v) is 5.06. The molecule has 0 saturated carbocycles. The molecule has 0 heterocycles. The molecular formula is C13H15NO2. The average Bonchev–Trinajstić information content (AvgIpc) is 2.25. The number of benzene rings is 1. The lowest BCUT2D eigenvalue weighted by molar-refractivity contribution is -0.131. The summed E-state index contributed by atoms with van der Waals surface area (Å²) in [6.07, 6.45) is 6.73. The maximum atomic E-state index is 10.2. The van der Waals surface area contributed by atoms with Crippen molar-refractivity contribution in [3.05, 3.63) is 60.2 Å². The van der Waals surface area contributed by atoms with Crippen molar-refractivity contribution in [1.29, 1.82) is 0 Å². The second kappa shape index (κ2) is 6.58. The Morgan fingerprint density at radius 1 is 1.31 bits per heavy atom. The normalized spacial score (nSPS) is 13.3. The summed E-state index contributed by atoms with van der Waals surface area (Å²) >= 11 is 0. The predicted molar refractivity (Wildman–Crippen MR) is 64.0 cm³/mol. The van der Waals surface area contributed by atoms with Crippen molar-refractivity contribution in [3.8, 4) is 0 Å². The topological polar surface area (TPSA) is 63.3 Å². The van der Waals surface area contributed by atoms with Crippen molar-refractivity contribution < 1.29 is 9.90 Å². The molecule has 16 heavy (non-hydrogen) atoms. The van der Waals surface area contributed by atoms with Crippen molar-refractivity contribution >= 4 is 5.97 Å². The van der Waals surface area contributed by atoms with E-state index in [2.05, 4.69) is 0 Å². The number of nitrogens with two attached hydrogens (primary N) is 1. The molecule has 0 aliphatic heterocycles. The van der Waals surface area contributed by atoms with E-state index in [1.807, 2.05) is 30.3 Å². The van der Waals surface area contributed by atoms with Crippen LogP contribution in [0.4, 0.5) is 0 Å². The fourth-order valence-electron chi connectivity index (χ4n) is 1.30. The first-order valence-electron chi connectivity index (χ1n) is 5.06. The number of carbonyl (C=O) groups is 1. The zero-order chi connectivity index (χ0) is 11.8. The molecule has 1 atom stereocenters. The minimum Gasteiger partial charge on any atom is -0.478 e. The molecule has 0 aliphatic rings. The standard InChI is InChI=1S/C13H15NO2/c14-12(8-4-5-9-13(15)16)10-11-6-2-1-3-7-11/h1-9,12H,10,14H2,(H,15,16)/b8-4+,9-5+. The summed E-state index contributed by atoms with van der Waals surface area (Å²) in [5, 5.41) is 8.36. The van der Waals surface area contributed by atoms with Gasteiger partial charge in [0, 0.05) is 12.1 Å². The molecule has 1 unspecified atom stereocenters. The van der Waals surface area contributed by atoms with E-state index in [9.17, 15) is 4.79 Å². The molecule has 0 fully saturated rings. The average molecular weight is 217 g/mol. The molecule has 0 spiro atoms. The van der Waals surface area contributed by atoms with E-state index in [1.165, 1.54) is 11.6 Å². The Balaban J connectivity index is 2.42. The lowest BCUT2D eigenvalue weighted by Gasteiger charge is -2.05. The Bertz CT molecular complexity index is 382. The molecule has 3 nitrogen and oxygen atoms in total. The minimum atomic E-state index is -0.957. The monoisotopic (exact) mass is 217 g/mol. The number of aliphatic carboxylic acids is 1. The molecule has 0 radical (unpaired) electrons. The fourth-order valence-corrected chi connectivity index (χ4v) is 1.30. The molecular weight excluding hydrogens is 202 g/mol. The smallest absolute Gasteiger partial charge is 0.328 e. The third-order valence-corrected chi connectivity index (χ3v) is 2.02. The zero-order valence-corrected chi connectivity index (χ0v) is 8.91. The van der Waals surface area contributed by atoms with Crippen LogP contribution < -0.4 is 5.73 Å². The molecule has 3 heteroatoms. The van der Waals surface area contributed by atoms with Crippen LogP contribution in [0.3, 0.4) is 0 Å². The van der Waals surface area contributed by atoms with Gasteiger partial charge in [-0.25, -0.2) is 4.79 Å². The van der Waals surface area contributed by atoms with Gasteiger partial charge in [0.15, 0.2) is 0 Å². The first-order chi connectivity index (χ1) is 7.68. The highest BCUT2D eigenvalue weighted by Crippen LogP contribution is 2.02. The summed E-state index contributed by atoms with van der Waals surface area (Å²) in [5.41, 5.74) is 7.02. The van der Waals surface area contributed by atoms with Crippen LogP contribution in [0.15, 0.2) is 54.6 Å². The zero-order valence-electron chi connectivity index (χ0n) is 8.91. The Hall–Kier alpha value is -1.87. The Morgan fingerprint density at radius 2 is 2.00 bits per heavy atom. The molecule has 0 bridgehead atoms. The van der Waals surface area contributed by atoms with Gasteiger partial charge in [0.05, 0.1) is 0 Å². The van der Waals surface area contributed by atoms with Gasteiger partial charge in [-0.3, -0.25) is 0 Å². The second-order valence-electron chi connectivity index (χ2n) is 3.44. The molecule has 1 aromatic rings. The molecule has 84 valence electrons. The van der Waals surface area contributed by atoms with Crippen LogP contribution >= 0.6 is 0 Å². The van der Waals surface area contributed by atoms with Crippen LogP contribution in [0, 0.1) is 0 Å². The van der Waals surface area contributed by atoms with Gasteiger partial charge in [0.25, 0.3) is 0 Å². The van der Waals surface area contributed by atoms with E-state index in [0.717, 1.165) is 12.5 Å². The van der Waals surface area contributed by atoms with E-state index in [1.54, 1.807) is 12.2 Å². The van der Waals surface area contributed by atoms with Gasteiger partial charge in [-0.1, -0.05) is 48.6 Å². The highest BCUT2D eigenvalue weighted by Gasteiger charge is 1.97. The third-order valence-electron chi connectivity index (χ3n) is 2.02. The number of hydrogen-bond acceptors (Lipinski definition) is 2. The maximum Gasteiger partial charge on any atom is 0.328 e. The molecule has 0 aliphatic carbocycles. The highest BCUT2D eigenvalue weighted by molar-refractivity contribution is 5.80. The van der Waals surface area contributed by atoms with E-state index < -0.39 is 5.97 Å². The van der Waals surface area contributed by atoms with Gasteiger partial charge < -0.3 is 10.8 Å². The van der Waals surface area contributed by atoms with Crippen molar-refractivity contribution in [1.82, 2.24) is 0 Å². The number of allylic oxidation sites excluding steroid dienone is 2. The number of carboxylic acids is 1. The van der Waals surface area contributed by atoms with Crippen LogP contribution in [-0.4, -0.2) is 17.1 Å². The molecule has 0 aromatic heterocycles. The quantitative estimate of drug-likeness (QED) is 0.583. The van der Waals surface area contributed by atoms with Gasteiger partial charge in [-0.2, -0.15) is 0 Å². The largest absolute Gasteiger partial charge is 0.478 e. The second-order valence-corrected chi connectivity index (χ2v) is 3.44. The van der Waals surface area contributed by atoms with Crippen LogP contribution in [0.25, 0.3) is 0 Å². The highest BCUT2D eigenvalue weighted by atomic mass is 16.4. The SMILES string of the molecule is NC(/C=C/C=C/C(=O)O)Cc1ccccc1. The van der Waals surface area contributed by atoms with Crippen LogP contribution in [0.2, 0.25) is 0 Å². The minimum absolute atomic E-state index is 0.0964. The van der Waals surface area contributed by atoms with E-state index >= 15 is 0 Å². The van der Waals surface area contributed by atoms with Gasteiger partial charge in [-0.15, -0.1) is 0 Å². The van der Waals surface area contributed by atoms with Crippen molar-refractivity contribution in [2.75, 3.05) is 0 Å². The van der Waals surface area contributed by atoms with E-state index in [-0.39, 0.29) is 6.04 Å². The van der Waals surface area contributed by atoms with Gasteiger partial charge in [0.2, 0.25) is 0 Å². The van der Waals surface area contributed by atoms with Gasteiger partial charge in [-0.05, 0) is 12.0 Å². The van der Waals surface area contributed by atoms with Crippen LogP contribution in [0.5, 0.6) is 0 Å². The van der Waals surface area contributed by atoms with Crippen molar-refractivity contribution in [2.24, 2.45) is 5.73 Å². The van der Waals surface area contributed by atoms with Crippen molar-refractivity contribution in [2.45, 2.75) is 12.5 Å². The maximum absolute atomic E-state index is 10.2. The molecule has 3 N–H and O–H groups in total. The van der Waals surface area contributed by atoms with E-state index in [4.69, 9.17) is 10.8 Å². The molecule has 1 rings (SSSR count). The third kappa shape index (κ3) is 5.12. The Labute approximate surface area is 94.9 Å². The molecule has 0 amide bonds. The van der Waals surface area contributed by atoms with Crippen molar-refractivity contribution in [3.63, 3.8) is 0 Å². The summed E-state index contributed by atoms with van der Waals surface area (Å²) in [4.78, 5) is 10.2. The lowest BCUT2D eigenvalue weighted by atomic mass is 10.1. The summed E-state index contributed by atoms with van der Waals surface area (Å²) in [6, 6.07) is 9.83. The lowest BCUT2D eigenvalue weighted by Crippen LogP contribution is -2.19. The number of hydrogen-bond donors (Lipinski definition) is 2. The number of rotatable bonds is 5. The summed E-state index contributed by atoms with van der Waals surface area (Å²) in [6.45, 7) is 0. The summed E-state index contributed by atoms with van der Waals surface area (Å²) in [7, 11) is 0. The van der Waals surface area contributed by atoms with Gasteiger partial charge in [0.1, 0.15) is 0 Å². The molecule has 1 aromatic carbocycles. The fraction of sp³-hybridized carbons (Fsp3) is 0.154. The first kappa shape index (κ1) is 12.2. The van der Waals surface area contributed by atoms with E-state index in [0.29, 0.717) is 0 Å². The summed E-state index contributed by atoms with van der Waals surface area (Å²) < 4.78 is 0. The van der Waals surface area contributed by atoms with Gasteiger partial charge >= 0.3 is 5.97 Å². The Kier molecular flexibility index (Phi) is 5.02. The van der Waals surface area contributed by atoms with Crippen LogP contribution in [-0.2, 0) is 11.2 Å². The van der Waals surface area contributed by atoms with Crippen LogP contribution in [0.1, 0.15) is 5.56 Å².